The average molecular weight is 489 g/mol. The van der Waals surface area contributed by atoms with E-state index in [2.05, 4.69) is 10.6 Å². The maximum Gasteiger partial charge on any atom is 0.251 e. The van der Waals surface area contributed by atoms with E-state index in [1.807, 2.05) is 0 Å². The minimum atomic E-state index is -0.785. The van der Waals surface area contributed by atoms with E-state index in [0.29, 0.717) is 36.9 Å². The lowest BCUT2D eigenvalue weighted by molar-refractivity contribution is -0.139. The Bertz CT molecular complexity index is 1020. The van der Waals surface area contributed by atoms with Gasteiger partial charge in [-0.15, -0.1) is 11.6 Å². The van der Waals surface area contributed by atoms with Crippen molar-refractivity contribution in [2.75, 3.05) is 18.5 Å². The monoisotopic (exact) mass is 488 g/mol. The van der Waals surface area contributed by atoms with Crippen LogP contribution in [0.5, 0.6) is 0 Å². The van der Waals surface area contributed by atoms with Gasteiger partial charge in [-0.25, -0.2) is 0 Å². The first-order valence-corrected chi connectivity index (χ1v) is 12.3. The van der Waals surface area contributed by atoms with Crippen LogP contribution in [0.1, 0.15) is 48.0 Å². The van der Waals surface area contributed by atoms with E-state index < -0.39 is 23.6 Å². The van der Waals surface area contributed by atoms with Crippen molar-refractivity contribution < 1.29 is 23.9 Å². The standard InChI is InChI=1S/C24H29ClN4O5/c25-16-10-29(21-18(30)11-34-22(16)21)24(33)20(12-1-5-15(26)6-2-12)28-23(32)14-3-7-17-13(9-14)4-8-19(31)27-17/h3,7,9,12,15-16,20-22H,1-2,4-6,8,10-11,26H2,(H,27,31)(H,28,32)/t12?,15?,16-,20-,21+,22+/m0/s1. The van der Waals surface area contributed by atoms with Gasteiger partial charge in [0.2, 0.25) is 11.8 Å². The number of nitrogens with zero attached hydrogens (tertiary/aromatic N) is 1. The maximum atomic E-state index is 13.8. The molecule has 0 unspecified atom stereocenters. The minimum Gasteiger partial charge on any atom is -0.366 e. The first-order chi connectivity index (χ1) is 16.3. The van der Waals surface area contributed by atoms with Crippen LogP contribution in [0.25, 0.3) is 0 Å². The van der Waals surface area contributed by atoms with Gasteiger partial charge in [-0.05, 0) is 61.8 Å². The predicted octanol–water partition coefficient (Wildman–Crippen LogP) is 0.973. The summed E-state index contributed by atoms with van der Waals surface area (Å²) in [6.07, 6.45) is 3.39. The summed E-state index contributed by atoms with van der Waals surface area (Å²) in [4.78, 5) is 52.6. The number of carbonyl (C=O) groups excluding carboxylic acids is 4. The van der Waals surface area contributed by atoms with E-state index in [4.69, 9.17) is 22.1 Å². The topological polar surface area (TPSA) is 131 Å². The number of fused-ring (bicyclic) bond motifs is 2. The maximum absolute atomic E-state index is 13.8. The molecule has 0 aromatic heterocycles. The number of hydrogen-bond donors (Lipinski definition) is 3. The molecule has 34 heavy (non-hydrogen) atoms. The molecular formula is C24H29ClN4O5. The van der Waals surface area contributed by atoms with Gasteiger partial charge in [-0.1, -0.05) is 0 Å². The Balaban J connectivity index is 1.38. The first kappa shape index (κ1) is 23.3. The van der Waals surface area contributed by atoms with Gasteiger partial charge in [-0.2, -0.15) is 0 Å². The predicted molar refractivity (Wildman–Crippen MR) is 124 cm³/mol. The van der Waals surface area contributed by atoms with Crippen LogP contribution in [0.4, 0.5) is 5.69 Å². The zero-order chi connectivity index (χ0) is 24.0. The van der Waals surface area contributed by atoms with Crippen molar-refractivity contribution in [1.29, 1.82) is 0 Å². The third-order valence-electron chi connectivity index (χ3n) is 7.51. The Morgan fingerprint density at radius 2 is 1.94 bits per heavy atom. The molecule has 0 spiro atoms. The van der Waals surface area contributed by atoms with E-state index in [0.717, 1.165) is 18.4 Å². The lowest BCUT2D eigenvalue weighted by atomic mass is 9.81. The van der Waals surface area contributed by atoms with Crippen molar-refractivity contribution in [3.8, 4) is 0 Å². The zero-order valence-corrected chi connectivity index (χ0v) is 19.6. The van der Waals surface area contributed by atoms with Gasteiger partial charge >= 0.3 is 0 Å². The normalized spacial score (nSPS) is 31.5. The van der Waals surface area contributed by atoms with Crippen LogP contribution in [0, 0.1) is 5.92 Å². The number of halogens is 1. The molecule has 3 aliphatic heterocycles. The minimum absolute atomic E-state index is 0.0437. The van der Waals surface area contributed by atoms with Crippen molar-refractivity contribution in [2.24, 2.45) is 11.7 Å². The first-order valence-electron chi connectivity index (χ1n) is 11.9. The number of hydrogen-bond acceptors (Lipinski definition) is 6. The number of rotatable bonds is 4. The number of amides is 3. The van der Waals surface area contributed by atoms with E-state index in [1.54, 1.807) is 18.2 Å². The van der Waals surface area contributed by atoms with E-state index in [1.165, 1.54) is 4.90 Å². The Labute approximate surface area is 202 Å². The molecule has 4 N–H and O–H groups in total. The highest BCUT2D eigenvalue weighted by Crippen LogP contribution is 2.34. The molecule has 4 atom stereocenters. The molecule has 9 nitrogen and oxygen atoms in total. The summed E-state index contributed by atoms with van der Waals surface area (Å²) in [6.45, 7) is 0.155. The summed E-state index contributed by atoms with van der Waals surface area (Å²) < 4.78 is 5.52. The molecule has 10 heteroatoms. The molecule has 5 rings (SSSR count). The average Bonchev–Trinajstić information content (AvgIpc) is 3.37. The fourth-order valence-corrected chi connectivity index (χ4v) is 5.97. The number of benzene rings is 1. The Kier molecular flexibility index (Phi) is 6.35. The Morgan fingerprint density at radius 3 is 2.71 bits per heavy atom. The van der Waals surface area contributed by atoms with Crippen LogP contribution in [0.2, 0.25) is 0 Å². The highest BCUT2D eigenvalue weighted by Gasteiger charge is 2.53. The number of Topliss-reactive ketones (excluding diaryl/α,β-unsaturated/α-hetero) is 1. The fourth-order valence-electron chi connectivity index (χ4n) is 5.61. The van der Waals surface area contributed by atoms with Crippen molar-refractivity contribution in [3.63, 3.8) is 0 Å². The molecule has 3 fully saturated rings. The molecule has 0 bridgehead atoms. The van der Waals surface area contributed by atoms with Gasteiger partial charge < -0.3 is 26.0 Å². The van der Waals surface area contributed by atoms with Crippen LogP contribution in [0.3, 0.4) is 0 Å². The second-order valence-electron chi connectivity index (χ2n) is 9.74. The molecule has 2 saturated heterocycles. The zero-order valence-electron chi connectivity index (χ0n) is 18.8. The number of nitrogens with one attached hydrogen (secondary N) is 2. The highest BCUT2D eigenvalue weighted by atomic mass is 35.5. The van der Waals surface area contributed by atoms with Crippen LogP contribution in [-0.2, 0) is 25.5 Å². The number of likely N-dealkylation sites (tertiary alicyclic amines) is 1. The third-order valence-corrected chi connectivity index (χ3v) is 7.90. The summed E-state index contributed by atoms with van der Waals surface area (Å²) >= 11 is 6.40. The molecule has 182 valence electrons. The van der Waals surface area contributed by atoms with Gasteiger partial charge in [0, 0.05) is 30.3 Å². The third kappa shape index (κ3) is 4.32. The number of carbonyl (C=O) groups is 4. The number of anilines is 1. The SMILES string of the molecule is NC1CCC([C@H](NC(=O)c2ccc3c(c2)CCC(=O)N3)C(=O)N2C[C@H](Cl)[C@H]3OCC(=O)[C@H]32)CC1. The molecule has 4 aliphatic rings. The number of ether oxygens (including phenoxy) is 1. The second-order valence-corrected chi connectivity index (χ2v) is 10.3. The molecule has 1 saturated carbocycles. The van der Waals surface area contributed by atoms with Gasteiger partial charge in [0.25, 0.3) is 5.91 Å². The summed E-state index contributed by atoms with van der Waals surface area (Å²) in [5, 5.41) is 5.31. The second kappa shape index (κ2) is 9.28. The number of nitrogens with two attached hydrogens (primary N) is 1. The number of alkyl halides is 1. The largest absolute Gasteiger partial charge is 0.366 e. The van der Waals surface area contributed by atoms with Crippen LogP contribution in [-0.4, -0.2) is 71.2 Å². The molecular weight excluding hydrogens is 460 g/mol. The molecule has 3 heterocycles. The number of aryl methyl sites for hydroxylation is 1. The molecule has 1 aliphatic carbocycles. The molecule has 0 radical (unpaired) electrons. The van der Waals surface area contributed by atoms with Gasteiger partial charge in [0.1, 0.15) is 24.8 Å². The summed E-state index contributed by atoms with van der Waals surface area (Å²) in [5.41, 5.74) is 8.10. The van der Waals surface area contributed by atoms with E-state index in [-0.39, 0.29) is 48.6 Å². The summed E-state index contributed by atoms with van der Waals surface area (Å²) in [6, 6.07) is 3.73. The van der Waals surface area contributed by atoms with E-state index in [9.17, 15) is 19.2 Å². The lowest BCUT2D eigenvalue weighted by Gasteiger charge is -2.35. The van der Waals surface area contributed by atoms with Crippen molar-refractivity contribution >= 4 is 40.8 Å². The number of ketones is 1. The summed E-state index contributed by atoms with van der Waals surface area (Å²) in [7, 11) is 0. The van der Waals surface area contributed by atoms with Crippen LogP contribution >= 0.6 is 11.6 Å². The van der Waals surface area contributed by atoms with Gasteiger partial charge in [-0.3, -0.25) is 19.2 Å². The van der Waals surface area contributed by atoms with Crippen LogP contribution in [0.15, 0.2) is 18.2 Å². The molecule has 1 aromatic carbocycles. The van der Waals surface area contributed by atoms with Crippen molar-refractivity contribution in [1.82, 2.24) is 10.2 Å². The fraction of sp³-hybridized carbons (Fsp3) is 0.583. The lowest BCUT2D eigenvalue weighted by Crippen LogP contribution is -2.55. The molecule has 1 aromatic rings. The summed E-state index contributed by atoms with van der Waals surface area (Å²) in [5.74, 6) is -0.943. The van der Waals surface area contributed by atoms with E-state index >= 15 is 0 Å². The van der Waals surface area contributed by atoms with Crippen molar-refractivity contribution in [3.05, 3.63) is 29.3 Å². The highest BCUT2D eigenvalue weighted by molar-refractivity contribution is 6.22. The Morgan fingerprint density at radius 1 is 1.18 bits per heavy atom. The van der Waals surface area contributed by atoms with Crippen LogP contribution < -0.4 is 16.4 Å². The van der Waals surface area contributed by atoms with Gasteiger partial charge in [0.05, 0.1) is 5.38 Å². The Hall–Kier alpha value is -2.49. The van der Waals surface area contributed by atoms with Crippen molar-refractivity contribution in [2.45, 2.75) is 68.1 Å². The van der Waals surface area contributed by atoms with Gasteiger partial charge in [0.15, 0.2) is 5.78 Å². The quantitative estimate of drug-likeness (QED) is 0.541. The molecule has 3 amide bonds. The smallest absolute Gasteiger partial charge is 0.251 e.